The summed E-state index contributed by atoms with van der Waals surface area (Å²) >= 11 is 0. The molecule has 5 rings (SSSR count). The van der Waals surface area contributed by atoms with Crippen molar-refractivity contribution >= 4 is 11.4 Å². The molecule has 6 nitrogen and oxygen atoms in total. The maximum absolute atomic E-state index is 6.38. The summed E-state index contributed by atoms with van der Waals surface area (Å²) in [6.45, 7) is 4.48. The number of fused-ring (bicyclic) bond motifs is 1. The second-order valence-electron chi connectivity index (χ2n) is 8.33. The summed E-state index contributed by atoms with van der Waals surface area (Å²) in [5.41, 5.74) is 3.31. The molecule has 2 N–H and O–H groups in total. The number of nitrogens with one attached hydrogen (secondary N) is 2. The lowest BCUT2D eigenvalue weighted by molar-refractivity contribution is -0.231. The van der Waals surface area contributed by atoms with Gasteiger partial charge in [-0.1, -0.05) is 6.42 Å². The predicted octanol–water partition coefficient (Wildman–Crippen LogP) is 3.86. The highest BCUT2D eigenvalue weighted by molar-refractivity contribution is 5.52. The fourth-order valence-corrected chi connectivity index (χ4v) is 4.45. The topological polar surface area (TPSA) is 58.7 Å². The average molecular weight is 395 g/mol. The molecule has 3 heterocycles. The van der Waals surface area contributed by atoms with Gasteiger partial charge in [0.15, 0.2) is 0 Å². The molecule has 1 aromatic heterocycles. The second kappa shape index (κ2) is 8.20. The van der Waals surface area contributed by atoms with Gasteiger partial charge in [-0.15, -0.1) is 0 Å². The van der Waals surface area contributed by atoms with Crippen molar-refractivity contribution < 1.29 is 9.47 Å². The van der Waals surface area contributed by atoms with Gasteiger partial charge in [0.2, 0.25) is 5.79 Å². The molecule has 0 unspecified atom stereocenters. The molecular weight excluding hydrogens is 364 g/mol. The van der Waals surface area contributed by atoms with Crippen LogP contribution in [-0.2, 0) is 11.3 Å². The van der Waals surface area contributed by atoms with E-state index in [-0.39, 0.29) is 0 Å². The summed E-state index contributed by atoms with van der Waals surface area (Å²) in [5, 5.41) is 6.85. The molecule has 6 heteroatoms. The maximum Gasteiger partial charge on any atom is 0.213 e. The molecule has 1 aliphatic carbocycles. The van der Waals surface area contributed by atoms with E-state index in [1.807, 2.05) is 12.1 Å². The van der Waals surface area contributed by atoms with Gasteiger partial charge < -0.3 is 20.1 Å². The second-order valence-corrected chi connectivity index (χ2v) is 8.33. The van der Waals surface area contributed by atoms with Crippen molar-refractivity contribution in [3.05, 3.63) is 48.3 Å². The Morgan fingerprint density at radius 3 is 2.48 bits per heavy atom. The summed E-state index contributed by atoms with van der Waals surface area (Å²) in [6, 6.07) is 11.1. The predicted molar refractivity (Wildman–Crippen MR) is 114 cm³/mol. The quantitative estimate of drug-likeness (QED) is 0.726. The molecule has 154 valence electrons. The largest absolute Gasteiger partial charge is 0.462 e. The highest BCUT2D eigenvalue weighted by Gasteiger charge is 2.42. The first-order valence-electron chi connectivity index (χ1n) is 10.9. The van der Waals surface area contributed by atoms with E-state index in [1.54, 1.807) is 12.4 Å². The van der Waals surface area contributed by atoms with E-state index in [0.29, 0.717) is 6.61 Å². The Morgan fingerprint density at radius 1 is 1.00 bits per heavy atom. The molecule has 2 aliphatic heterocycles. The van der Waals surface area contributed by atoms with Gasteiger partial charge in [0, 0.05) is 74.4 Å². The van der Waals surface area contributed by atoms with Crippen LogP contribution in [0.5, 0.6) is 5.75 Å². The summed E-state index contributed by atoms with van der Waals surface area (Å²) in [7, 11) is 0. The van der Waals surface area contributed by atoms with E-state index in [0.717, 1.165) is 67.8 Å². The van der Waals surface area contributed by atoms with Crippen molar-refractivity contribution in [2.75, 3.05) is 36.8 Å². The van der Waals surface area contributed by atoms with Crippen LogP contribution >= 0.6 is 0 Å². The van der Waals surface area contributed by atoms with Crippen LogP contribution in [0.4, 0.5) is 11.4 Å². The molecule has 1 spiro atoms. The zero-order chi connectivity index (χ0) is 19.5. The molecule has 1 aromatic carbocycles. The monoisotopic (exact) mass is 394 g/mol. The van der Waals surface area contributed by atoms with Crippen molar-refractivity contribution in [3.63, 3.8) is 0 Å². The molecule has 1 saturated heterocycles. The third-order valence-corrected chi connectivity index (χ3v) is 6.46. The molecular formula is C23H30N4O2. The Hall–Kier alpha value is -2.31. The fraction of sp³-hybridized carbons (Fsp3) is 0.522. The number of aromatic nitrogens is 1. The highest BCUT2D eigenvalue weighted by atomic mass is 16.7. The minimum atomic E-state index is -0.420. The van der Waals surface area contributed by atoms with E-state index in [2.05, 4.69) is 38.7 Å². The van der Waals surface area contributed by atoms with Gasteiger partial charge >= 0.3 is 0 Å². The van der Waals surface area contributed by atoms with Crippen LogP contribution in [0.1, 0.15) is 37.7 Å². The maximum atomic E-state index is 6.38. The van der Waals surface area contributed by atoms with Crippen molar-refractivity contribution in [3.8, 4) is 5.75 Å². The Bertz CT molecular complexity index is 817. The number of pyridine rings is 1. The normalized spacial score (nSPS) is 21.1. The number of nitrogens with zero attached hydrogens (tertiary/aromatic N) is 2. The van der Waals surface area contributed by atoms with Gasteiger partial charge in [0.25, 0.3) is 0 Å². The van der Waals surface area contributed by atoms with Gasteiger partial charge in [0.05, 0.1) is 6.61 Å². The van der Waals surface area contributed by atoms with Gasteiger partial charge in [0.1, 0.15) is 5.75 Å². The highest BCUT2D eigenvalue weighted by Crippen LogP contribution is 2.40. The third kappa shape index (κ3) is 4.19. The number of hydrogen-bond acceptors (Lipinski definition) is 6. The van der Waals surface area contributed by atoms with E-state index < -0.39 is 5.79 Å². The summed E-state index contributed by atoms with van der Waals surface area (Å²) in [4.78, 5) is 6.66. The minimum Gasteiger partial charge on any atom is -0.462 e. The zero-order valence-electron chi connectivity index (χ0n) is 16.9. The molecule has 0 radical (unpaired) electrons. The van der Waals surface area contributed by atoms with Crippen LogP contribution < -0.4 is 15.4 Å². The molecule has 2 fully saturated rings. The van der Waals surface area contributed by atoms with Gasteiger partial charge in [-0.3, -0.25) is 9.88 Å². The fourth-order valence-electron chi connectivity index (χ4n) is 4.45. The number of anilines is 2. The zero-order valence-corrected chi connectivity index (χ0v) is 16.9. The minimum absolute atomic E-state index is 0.420. The van der Waals surface area contributed by atoms with Gasteiger partial charge in [-0.05, 0) is 43.2 Å². The van der Waals surface area contributed by atoms with Crippen LogP contribution in [0.2, 0.25) is 0 Å². The lowest BCUT2D eigenvalue weighted by atomic mass is 9.89. The third-order valence-electron chi connectivity index (χ3n) is 6.46. The van der Waals surface area contributed by atoms with Crippen LogP contribution in [0, 0.1) is 0 Å². The lowest BCUT2D eigenvalue weighted by Gasteiger charge is -2.47. The number of benzene rings is 1. The Labute approximate surface area is 172 Å². The van der Waals surface area contributed by atoms with Crippen LogP contribution in [0.25, 0.3) is 0 Å². The van der Waals surface area contributed by atoms with Crippen LogP contribution in [0.15, 0.2) is 42.7 Å². The van der Waals surface area contributed by atoms with Crippen molar-refractivity contribution in [2.45, 2.75) is 50.5 Å². The summed E-state index contributed by atoms with van der Waals surface area (Å²) in [5.74, 6) is 0.560. The molecule has 0 atom stereocenters. The van der Waals surface area contributed by atoms with E-state index >= 15 is 0 Å². The standard InChI is InChI=1S/C23H30N4O2/c1-2-21(3-1)27-14-8-23(9-15-27)28-17-18-16-20(4-5-22(18)29-23)26-13-12-25-19-6-10-24-11-7-19/h4-7,10-11,16,21,26H,1-3,8-9,12-15,17H2,(H,24,25). The molecule has 1 saturated carbocycles. The van der Waals surface area contributed by atoms with E-state index in [9.17, 15) is 0 Å². The lowest BCUT2D eigenvalue weighted by Crippen LogP contribution is -2.54. The Kier molecular flexibility index (Phi) is 5.29. The van der Waals surface area contributed by atoms with Crippen molar-refractivity contribution in [2.24, 2.45) is 0 Å². The molecule has 0 amide bonds. The number of piperidine rings is 1. The summed E-state index contributed by atoms with van der Waals surface area (Å²) in [6.07, 6.45) is 9.64. The molecule has 29 heavy (non-hydrogen) atoms. The smallest absolute Gasteiger partial charge is 0.213 e. The van der Waals surface area contributed by atoms with Crippen LogP contribution in [0.3, 0.4) is 0 Å². The van der Waals surface area contributed by atoms with Crippen molar-refractivity contribution in [1.29, 1.82) is 0 Å². The van der Waals surface area contributed by atoms with Gasteiger partial charge in [-0.2, -0.15) is 0 Å². The first-order chi connectivity index (χ1) is 14.3. The van der Waals surface area contributed by atoms with Crippen LogP contribution in [-0.4, -0.2) is 47.9 Å². The molecule has 2 aromatic rings. The number of ether oxygens (including phenoxy) is 2. The number of rotatable bonds is 6. The number of hydrogen-bond donors (Lipinski definition) is 2. The average Bonchev–Trinajstić information content (AvgIpc) is 2.73. The summed E-state index contributed by atoms with van der Waals surface area (Å²) < 4.78 is 12.6. The Balaban J connectivity index is 1.13. The Morgan fingerprint density at radius 2 is 1.76 bits per heavy atom. The number of likely N-dealkylation sites (tertiary alicyclic amines) is 1. The first kappa shape index (κ1) is 18.7. The van der Waals surface area contributed by atoms with Crippen molar-refractivity contribution in [1.82, 2.24) is 9.88 Å². The first-order valence-corrected chi connectivity index (χ1v) is 10.9. The van der Waals surface area contributed by atoms with E-state index in [1.165, 1.54) is 19.3 Å². The van der Waals surface area contributed by atoms with E-state index in [4.69, 9.17) is 9.47 Å². The molecule has 0 bridgehead atoms. The SMILES string of the molecule is c1cc(NCCNc2ccc3c(c2)COC2(CCN(C4CCC4)CC2)O3)ccn1. The molecule has 3 aliphatic rings. The van der Waals surface area contributed by atoms with Gasteiger partial charge in [-0.25, -0.2) is 0 Å².